The van der Waals surface area contributed by atoms with Crippen LogP contribution in [0.25, 0.3) is 11.1 Å². The molecule has 1 aliphatic carbocycles. The molecule has 3 N–H and O–H groups in total. The lowest BCUT2D eigenvalue weighted by molar-refractivity contribution is -0.137. The summed E-state index contributed by atoms with van der Waals surface area (Å²) >= 11 is 0. The normalized spacial score (nSPS) is 23.3. The summed E-state index contributed by atoms with van der Waals surface area (Å²) in [6, 6.07) is 14.0. The molecule has 2 aromatic rings. The van der Waals surface area contributed by atoms with Crippen molar-refractivity contribution in [2.45, 2.75) is 38.6 Å². The lowest BCUT2D eigenvalue weighted by atomic mass is 9.90. The standard InChI is InChI=1S/C23H27N3O2/c1-15-10-17(20-8-4-3-6-16(20)2)12-19(11-15)25-21(27)22(28)26-23-9-5-7-18(23)13-24-14-23/h3-4,6,8,10-12,18,24H,5,7,9,13-14H2,1-2H3,(H,25,27)(H,26,28)/t18-,23-/m0/s1. The fraction of sp³-hybridized carbons (Fsp3) is 0.391. The summed E-state index contributed by atoms with van der Waals surface area (Å²) in [6.45, 7) is 5.72. The van der Waals surface area contributed by atoms with Crippen LogP contribution in [0.15, 0.2) is 42.5 Å². The first-order valence-electron chi connectivity index (χ1n) is 9.99. The molecule has 1 aliphatic heterocycles. The van der Waals surface area contributed by atoms with E-state index in [1.165, 1.54) is 5.56 Å². The Kier molecular flexibility index (Phi) is 4.94. The Morgan fingerprint density at radius 2 is 1.93 bits per heavy atom. The fourth-order valence-corrected chi connectivity index (χ4v) is 4.73. The number of carbonyl (C=O) groups is 2. The number of rotatable bonds is 3. The maximum absolute atomic E-state index is 12.6. The Hall–Kier alpha value is -2.66. The first kappa shape index (κ1) is 18.7. The summed E-state index contributed by atoms with van der Waals surface area (Å²) in [5, 5.41) is 9.17. The number of aryl methyl sites for hydroxylation is 2. The first-order chi connectivity index (χ1) is 13.5. The van der Waals surface area contributed by atoms with Crippen LogP contribution in [0, 0.1) is 19.8 Å². The Morgan fingerprint density at radius 1 is 1.11 bits per heavy atom. The Morgan fingerprint density at radius 3 is 2.75 bits per heavy atom. The fourth-order valence-electron chi connectivity index (χ4n) is 4.73. The molecule has 5 heteroatoms. The molecule has 146 valence electrons. The van der Waals surface area contributed by atoms with Crippen LogP contribution >= 0.6 is 0 Å². The van der Waals surface area contributed by atoms with E-state index in [9.17, 15) is 9.59 Å². The Bertz CT molecular complexity index is 912. The molecule has 0 aromatic heterocycles. The van der Waals surface area contributed by atoms with Crippen LogP contribution in [-0.4, -0.2) is 30.4 Å². The molecule has 2 aromatic carbocycles. The minimum atomic E-state index is -0.603. The average molecular weight is 377 g/mol. The monoisotopic (exact) mass is 377 g/mol. The van der Waals surface area contributed by atoms with Gasteiger partial charge in [0.15, 0.2) is 0 Å². The summed E-state index contributed by atoms with van der Waals surface area (Å²) in [5.41, 5.74) is 4.74. The van der Waals surface area contributed by atoms with E-state index in [4.69, 9.17) is 0 Å². The van der Waals surface area contributed by atoms with Crippen LogP contribution in [0.4, 0.5) is 5.69 Å². The van der Waals surface area contributed by atoms with Gasteiger partial charge in [-0.25, -0.2) is 0 Å². The highest BCUT2D eigenvalue weighted by molar-refractivity contribution is 6.39. The summed E-state index contributed by atoms with van der Waals surface area (Å²) < 4.78 is 0. The van der Waals surface area contributed by atoms with Crippen molar-refractivity contribution in [2.75, 3.05) is 18.4 Å². The van der Waals surface area contributed by atoms with Crippen LogP contribution in [0.2, 0.25) is 0 Å². The molecule has 1 heterocycles. The van der Waals surface area contributed by atoms with E-state index in [1.807, 2.05) is 31.2 Å². The lowest BCUT2D eigenvalue weighted by Gasteiger charge is -2.29. The molecule has 0 radical (unpaired) electrons. The largest absolute Gasteiger partial charge is 0.341 e. The molecule has 2 amide bonds. The second-order valence-electron chi connectivity index (χ2n) is 8.19. The zero-order valence-electron chi connectivity index (χ0n) is 16.5. The van der Waals surface area contributed by atoms with E-state index in [0.29, 0.717) is 11.6 Å². The second kappa shape index (κ2) is 7.40. The van der Waals surface area contributed by atoms with Gasteiger partial charge in [0.1, 0.15) is 0 Å². The van der Waals surface area contributed by atoms with Crippen molar-refractivity contribution in [1.29, 1.82) is 0 Å². The summed E-state index contributed by atoms with van der Waals surface area (Å²) in [7, 11) is 0. The number of nitrogens with one attached hydrogen (secondary N) is 3. The topological polar surface area (TPSA) is 70.2 Å². The SMILES string of the molecule is Cc1cc(NC(=O)C(=O)N[C@]23CCC[C@H]2CNC3)cc(-c2ccccc2C)c1. The van der Waals surface area contributed by atoms with Crippen molar-refractivity contribution in [1.82, 2.24) is 10.6 Å². The van der Waals surface area contributed by atoms with Gasteiger partial charge in [0.25, 0.3) is 0 Å². The molecule has 2 fully saturated rings. The number of anilines is 1. The van der Waals surface area contributed by atoms with Gasteiger partial charge in [-0.3, -0.25) is 9.59 Å². The highest BCUT2D eigenvalue weighted by atomic mass is 16.2. The maximum Gasteiger partial charge on any atom is 0.313 e. The zero-order chi connectivity index (χ0) is 19.7. The smallest absolute Gasteiger partial charge is 0.313 e. The highest BCUT2D eigenvalue weighted by Gasteiger charge is 2.47. The van der Waals surface area contributed by atoms with Crippen LogP contribution in [-0.2, 0) is 9.59 Å². The lowest BCUT2D eigenvalue weighted by Crippen LogP contribution is -2.54. The van der Waals surface area contributed by atoms with Gasteiger partial charge in [-0.2, -0.15) is 0 Å². The van der Waals surface area contributed by atoms with E-state index in [2.05, 4.69) is 41.1 Å². The molecule has 2 atom stereocenters. The Balaban J connectivity index is 1.50. The third kappa shape index (κ3) is 3.54. The van der Waals surface area contributed by atoms with Gasteiger partial charge in [0, 0.05) is 18.8 Å². The number of carbonyl (C=O) groups excluding carboxylic acids is 2. The molecule has 0 unspecified atom stereocenters. The van der Waals surface area contributed by atoms with E-state index in [0.717, 1.165) is 49.0 Å². The van der Waals surface area contributed by atoms with Crippen LogP contribution < -0.4 is 16.0 Å². The molecular weight excluding hydrogens is 350 g/mol. The number of fused-ring (bicyclic) bond motifs is 1. The molecule has 28 heavy (non-hydrogen) atoms. The van der Waals surface area contributed by atoms with Gasteiger partial charge >= 0.3 is 11.8 Å². The van der Waals surface area contributed by atoms with Gasteiger partial charge in [-0.1, -0.05) is 36.8 Å². The Labute approximate surface area is 165 Å². The number of amides is 2. The molecule has 2 aliphatic rings. The van der Waals surface area contributed by atoms with Crippen molar-refractivity contribution < 1.29 is 9.59 Å². The summed E-state index contributed by atoms with van der Waals surface area (Å²) in [6.07, 6.45) is 3.14. The molecule has 0 bridgehead atoms. The number of hydrogen-bond donors (Lipinski definition) is 3. The van der Waals surface area contributed by atoms with E-state index >= 15 is 0 Å². The third-order valence-corrected chi connectivity index (χ3v) is 6.15. The maximum atomic E-state index is 12.6. The molecule has 5 nitrogen and oxygen atoms in total. The third-order valence-electron chi connectivity index (χ3n) is 6.15. The minimum Gasteiger partial charge on any atom is -0.341 e. The van der Waals surface area contributed by atoms with Crippen molar-refractivity contribution in [3.05, 3.63) is 53.6 Å². The van der Waals surface area contributed by atoms with Crippen molar-refractivity contribution in [2.24, 2.45) is 5.92 Å². The number of hydrogen-bond acceptors (Lipinski definition) is 3. The zero-order valence-corrected chi connectivity index (χ0v) is 16.5. The van der Waals surface area contributed by atoms with Gasteiger partial charge in [-0.05, 0) is 67.0 Å². The van der Waals surface area contributed by atoms with Crippen LogP contribution in [0.1, 0.15) is 30.4 Å². The molecule has 1 saturated carbocycles. The quantitative estimate of drug-likeness (QED) is 0.720. The molecule has 0 spiro atoms. The molecule has 4 rings (SSSR count). The molecule has 1 saturated heterocycles. The van der Waals surface area contributed by atoms with E-state index < -0.39 is 11.8 Å². The first-order valence-corrected chi connectivity index (χ1v) is 9.99. The predicted molar refractivity (Wildman–Crippen MR) is 111 cm³/mol. The van der Waals surface area contributed by atoms with Crippen LogP contribution in [0.3, 0.4) is 0 Å². The molecular formula is C23H27N3O2. The second-order valence-corrected chi connectivity index (χ2v) is 8.19. The van der Waals surface area contributed by atoms with Crippen molar-refractivity contribution >= 4 is 17.5 Å². The van der Waals surface area contributed by atoms with Gasteiger partial charge < -0.3 is 16.0 Å². The van der Waals surface area contributed by atoms with Crippen LogP contribution in [0.5, 0.6) is 0 Å². The van der Waals surface area contributed by atoms with Gasteiger partial charge in [0.05, 0.1) is 5.54 Å². The van der Waals surface area contributed by atoms with E-state index in [1.54, 1.807) is 0 Å². The minimum absolute atomic E-state index is 0.257. The summed E-state index contributed by atoms with van der Waals surface area (Å²) in [4.78, 5) is 25.2. The van der Waals surface area contributed by atoms with Gasteiger partial charge in [0.2, 0.25) is 0 Å². The highest BCUT2D eigenvalue weighted by Crippen LogP contribution is 2.38. The van der Waals surface area contributed by atoms with Gasteiger partial charge in [-0.15, -0.1) is 0 Å². The summed E-state index contributed by atoms with van der Waals surface area (Å²) in [5.74, 6) is -0.723. The number of benzene rings is 2. The van der Waals surface area contributed by atoms with E-state index in [-0.39, 0.29) is 5.54 Å². The predicted octanol–water partition coefficient (Wildman–Crippen LogP) is 3.17. The van der Waals surface area contributed by atoms with Crippen molar-refractivity contribution in [3.8, 4) is 11.1 Å². The average Bonchev–Trinajstić information content (AvgIpc) is 3.21. The van der Waals surface area contributed by atoms with Crippen molar-refractivity contribution in [3.63, 3.8) is 0 Å².